The van der Waals surface area contributed by atoms with Crippen LogP contribution in [0, 0.1) is 18.6 Å². The van der Waals surface area contributed by atoms with E-state index in [9.17, 15) is 18.4 Å². The summed E-state index contributed by atoms with van der Waals surface area (Å²) in [4.78, 5) is 24.3. The van der Waals surface area contributed by atoms with E-state index < -0.39 is 28.6 Å². The minimum absolute atomic E-state index is 0.152. The number of fused-ring (bicyclic) bond motifs is 1. The Morgan fingerprint density at radius 2 is 1.67 bits per heavy atom. The highest BCUT2D eigenvalue weighted by molar-refractivity contribution is 6.02. The zero-order valence-electron chi connectivity index (χ0n) is 17.6. The van der Waals surface area contributed by atoms with Gasteiger partial charge in [-0.3, -0.25) is 4.79 Å². The standard InChI is InChI=1S/C25H19F2NO5/c1-13-2-4-16(11-17(13)14-8-18(26)22(23(29)30)19(27)9-14)28-24(31)25(6-7-25)15-3-5-20-21(10-15)33-12-32-20/h2-5,8-11H,6-7,12H2,1H3,(H,28,31)(H,29,30). The summed E-state index contributed by atoms with van der Waals surface area (Å²) >= 11 is 0. The summed E-state index contributed by atoms with van der Waals surface area (Å²) in [6.07, 6.45) is 1.37. The molecule has 0 unspecified atom stereocenters. The number of amides is 1. The summed E-state index contributed by atoms with van der Waals surface area (Å²) in [7, 11) is 0. The molecule has 33 heavy (non-hydrogen) atoms. The Balaban J connectivity index is 1.43. The number of nitrogens with one attached hydrogen (secondary N) is 1. The van der Waals surface area contributed by atoms with Crippen LogP contribution >= 0.6 is 0 Å². The zero-order chi connectivity index (χ0) is 23.3. The second-order valence-corrected chi connectivity index (χ2v) is 8.25. The van der Waals surface area contributed by atoms with E-state index in [-0.39, 0.29) is 18.3 Å². The molecule has 2 aliphatic rings. The Hall–Kier alpha value is -3.94. The maximum atomic E-state index is 14.2. The van der Waals surface area contributed by atoms with Crippen molar-refractivity contribution >= 4 is 17.6 Å². The summed E-state index contributed by atoms with van der Waals surface area (Å²) in [5.74, 6) is -2.93. The van der Waals surface area contributed by atoms with Crippen molar-refractivity contribution in [2.75, 3.05) is 12.1 Å². The molecule has 6 nitrogen and oxygen atoms in total. The Kier molecular flexibility index (Phi) is 4.81. The fourth-order valence-corrected chi connectivity index (χ4v) is 4.16. The molecule has 3 aromatic carbocycles. The number of aryl methyl sites for hydroxylation is 1. The minimum Gasteiger partial charge on any atom is -0.477 e. The van der Waals surface area contributed by atoms with Gasteiger partial charge in [-0.15, -0.1) is 0 Å². The van der Waals surface area contributed by atoms with Gasteiger partial charge in [-0.05, 0) is 78.4 Å². The van der Waals surface area contributed by atoms with E-state index in [1.807, 2.05) is 12.1 Å². The van der Waals surface area contributed by atoms with Crippen molar-refractivity contribution in [2.45, 2.75) is 25.2 Å². The van der Waals surface area contributed by atoms with Crippen molar-refractivity contribution in [2.24, 2.45) is 0 Å². The van der Waals surface area contributed by atoms with E-state index >= 15 is 0 Å². The average Bonchev–Trinajstić information content (AvgIpc) is 3.45. The molecule has 1 heterocycles. The van der Waals surface area contributed by atoms with Crippen LogP contribution in [0.3, 0.4) is 0 Å². The van der Waals surface area contributed by atoms with Crippen LogP contribution in [0.4, 0.5) is 14.5 Å². The van der Waals surface area contributed by atoms with Gasteiger partial charge in [0.15, 0.2) is 11.5 Å². The van der Waals surface area contributed by atoms with E-state index in [2.05, 4.69) is 5.32 Å². The zero-order valence-corrected chi connectivity index (χ0v) is 17.6. The number of halogens is 2. The van der Waals surface area contributed by atoms with E-state index in [1.54, 1.807) is 31.2 Å². The largest absolute Gasteiger partial charge is 0.477 e. The lowest BCUT2D eigenvalue weighted by molar-refractivity contribution is -0.118. The molecule has 0 saturated heterocycles. The maximum absolute atomic E-state index is 14.2. The van der Waals surface area contributed by atoms with Crippen molar-refractivity contribution in [1.82, 2.24) is 0 Å². The van der Waals surface area contributed by atoms with Gasteiger partial charge in [0.1, 0.15) is 17.2 Å². The van der Waals surface area contributed by atoms with E-state index in [1.165, 1.54) is 0 Å². The highest BCUT2D eigenvalue weighted by Crippen LogP contribution is 2.51. The molecule has 0 radical (unpaired) electrons. The molecule has 0 bridgehead atoms. The molecular weight excluding hydrogens is 432 g/mol. The summed E-state index contributed by atoms with van der Waals surface area (Å²) in [5.41, 5.74) is 1.01. The van der Waals surface area contributed by atoms with Crippen LogP contribution in [-0.2, 0) is 10.2 Å². The number of benzene rings is 3. The van der Waals surface area contributed by atoms with Crippen molar-refractivity contribution in [3.05, 3.63) is 76.9 Å². The average molecular weight is 451 g/mol. The van der Waals surface area contributed by atoms with Crippen molar-refractivity contribution in [3.63, 3.8) is 0 Å². The van der Waals surface area contributed by atoms with Crippen molar-refractivity contribution in [3.8, 4) is 22.6 Å². The van der Waals surface area contributed by atoms with Gasteiger partial charge in [0, 0.05) is 5.69 Å². The highest BCUT2D eigenvalue weighted by atomic mass is 19.1. The first-order chi connectivity index (χ1) is 15.8. The Morgan fingerprint density at radius 1 is 0.970 bits per heavy atom. The number of carbonyl (C=O) groups excluding carboxylic acids is 1. The fraction of sp³-hybridized carbons (Fsp3) is 0.200. The number of ether oxygens (including phenoxy) is 2. The molecule has 1 aliphatic carbocycles. The first kappa shape index (κ1) is 20.9. The molecule has 3 aromatic rings. The van der Waals surface area contributed by atoms with Gasteiger partial charge >= 0.3 is 5.97 Å². The third kappa shape index (κ3) is 3.57. The number of hydrogen-bond acceptors (Lipinski definition) is 4. The van der Waals surface area contributed by atoms with Crippen molar-refractivity contribution < 1.29 is 33.0 Å². The number of carboxylic acid groups (broad SMARTS) is 1. The Bertz CT molecular complexity index is 1290. The van der Waals surface area contributed by atoms with Crippen LogP contribution in [-0.4, -0.2) is 23.8 Å². The van der Waals surface area contributed by atoms with Crippen LogP contribution in [0.15, 0.2) is 48.5 Å². The first-order valence-electron chi connectivity index (χ1n) is 10.3. The third-order valence-corrected chi connectivity index (χ3v) is 6.17. The Morgan fingerprint density at radius 3 is 2.33 bits per heavy atom. The van der Waals surface area contributed by atoms with Crippen LogP contribution in [0.25, 0.3) is 11.1 Å². The molecule has 2 N–H and O–H groups in total. The summed E-state index contributed by atoms with van der Waals surface area (Å²) in [6.45, 7) is 1.91. The molecule has 1 fully saturated rings. The van der Waals surface area contributed by atoms with Gasteiger partial charge in [0.25, 0.3) is 0 Å². The lowest BCUT2D eigenvalue weighted by Crippen LogP contribution is -2.27. The predicted octanol–water partition coefficient (Wildman–Crippen LogP) is 5.04. The minimum atomic E-state index is -1.67. The van der Waals surface area contributed by atoms with Crippen LogP contribution in [0.5, 0.6) is 11.5 Å². The SMILES string of the molecule is Cc1ccc(NC(=O)C2(c3ccc4c(c3)OCO4)CC2)cc1-c1cc(F)c(C(=O)O)c(F)c1. The summed E-state index contributed by atoms with van der Waals surface area (Å²) < 4.78 is 39.2. The monoisotopic (exact) mass is 451 g/mol. The fourth-order valence-electron chi connectivity index (χ4n) is 4.16. The van der Waals surface area contributed by atoms with E-state index in [0.717, 1.165) is 17.7 Å². The summed E-state index contributed by atoms with van der Waals surface area (Å²) in [6, 6.07) is 12.5. The van der Waals surface area contributed by atoms with Gasteiger partial charge in [0.2, 0.25) is 12.7 Å². The van der Waals surface area contributed by atoms with Crippen LogP contribution in [0.2, 0.25) is 0 Å². The molecule has 1 amide bonds. The molecule has 0 atom stereocenters. The normalized spacial score (nSPS) is 15.2. The van der Waals surface area contributed by atoms with Gasteiger partial charge in [-0.2, -0.15) is 0 Å². The molecule has 1 saturated carbocycles. The second-order valence-electron chi connectivity index (χ2n) is 8.25. The van der Waals surface area contributed by atoms with Gasteiger partial charge < -0.3 is 19.9 Å². The molecule has 8 heteroatoms. The molecule has 168 valence electrons. The maximum Gasteiger partial charge on any atom is 0.341 e. The molecule has 0 aromatic heterocycles. The van der Waals surface area contributed by atoms with Gasteiger partial charge in [-0.1, -0.05) is 12.1 Å². The number of rotatable bonds is 5. The third-order valence-electron chi connectivity index (χ3n) is 6.17. The predicted molar refractivity (Wildman–Crippen MR) is 116 cm³/mol. The number of anilines is 1. The van der Waals surface area contributed by atoms with Gasteiger partial charge in [-0.25, -0.2) is 13.6 Å². The van der Waals surface area contributed by atoms with E-state index in [4.69, 9.17) is 14.6 Å². The molecule has 1 aliphatic heterocycles. The number of carboxylic acids is 1. The number of aromatic carboxylic acids is 1. The number of hydrogen-bond donors (Lipinski definition) is 2. The topological polar surface area (TPSA) is 84.9 Å². The summed E-state index contributed by atoms with van der Waals surface area (Å²) in [5, 5.41) is 11.9. The van der Waals surface area contributed by atoms with Crippen LogP contribution < -0.4 is 14.8 Å². The quantitative estimate of drug-likeness (QED) is 0.568. The van der Waals surface area contributed by atoms with Gasteiger partial charge in [0.05, 0.1) is 5.41 Å². The van der Waals surface area contributed by atoms with Crippen LogP contribution in [0.1, 0.15) is 34.3 Å². The number of carbonyl (C=O) groups is 2. The highest BCUT2D eigenvalue weighted by Gasteiger charge is 2.51. The second kappa shape index (κ2) is 7.58. The first-order valence-corrected chi connectivity index (χ1v) is 10.3. The van der Waals surface area contributed by atoms with Crippen molar-refractivity contribution in [1.29, 1.82) is 0 Å². The lowest BCUT2D eigenvalue weighted by atomic mass is 9.94. The Labute approximate surface area is 187 Å². The molecule has 0 spiro atoms. The van der Waals surface area contributed by atoms with E-state index in [0.29, 0.717) is 41.2 Å². The molecule has 5 rings (SSSR count). The molecular formula is C25H19F2NO5. The smallest absolute Gasteiger partial charge is 0.341 e. The lowest BCUT2D eigenvalue weighted by Gasteiger charge is -2.17.